The third kappa shape index (κ3) is 5.09. The molecule has 4 heterocycles. The van der Waals surface area contributed by atoms with E-state index in [0.29, 0.717) is 49.3 Å². The second-order valence-corrected chi connectivity index (χ2v) is 9.45. The summed E-state index contributed by atoms with van der Waals surface area (Å²) in [4.78, 5) is 35.1. The molecule has 1 amide bonds. The quantitative estimate of drug-likeness (QED) is 0.328. The van der Waals surface area contributed by atoms with Crippen LogP contribution in [0.2, 0.25) is 0 Å². The molecule has 1 aliphatic heterocycles. The monoisotopic (exact) mass is 505 g/mol. The Kier molecular flexibility index (Phi) is 7.24. The number of benzene rings is 1. The summed E-state index contributed by atoms with van der Waals surface area (Å²) >= 11 is 1.56. The van der Waals surface area contributed by atoms with Crippen molar-refractivity contribution in [2.24, 2.45) is 0 Å². The molecule has 0 bridgehead atoms. The molecule has 0 spiro atoms. The normalized spacial score (nSPS) is 15.2. The van der Waals surface area contributed by atoms with Crippen molar-refractivity contribution in [1.82, 2.24) is 14.5 Å². The molecule has 2 N–H and O–H groups in total. The van der Waals surface area contributed by atoms with Crippen molar-refractivity contribution in [3.05, 3.63) is 70.4 Å². The van der Waals surface area contributed by atoms with E-state index in [1.165, 1.54) is 7.11 Å². The minimum absolute atomic E-state index is 0.263. The molecule has 1 fully saturated rings. The SMILES string of the molecule is COC(=O)c1c(NC(=O)C2CCCO2)c2cc(NCc3nccs3)cnc2n1CCc1ccccc1. The Morgan fingerprint density at radius 1 is 1.25 bits per heavy atom. The van der Waals surface area contributed by atoms with Gasteiger partial charge in [-0.1, -0.05) is 30.3 Å². The predicted molar refractivity (Wildman–Crippen MR) is 138 cm³/mol. The van der Waals surface area contributed by atoms with Crippen LogP contribution in [-0.4, -0.2) is 46.2 Å². The van der Waals surface area contributed by atoms with Gasteiger partial charge in [0.1, 0.15) is 16.8 Å². The molecular weight excluding hydrogens is 478 g/mol. The van der Waals surface area contributed by atoms with Gasteiger partial charge < -0.3 is 24.7 Å². The van der Waals surface area contributed by atoms with Gasteiger partial charge >= 0.3 is 5.97 Å². The third-order valence-electron chi connectivity index (χ3n) is 6.14. The number of fused-ring (bicyclic) bond motifs is 1. The number of methoxy groups -OCH3 is 1. The molecule has 0 radical (unpaired) electrons. The highest BCUT2D eigenvalue weighted by atomic mass is 32.1. The number of carbonyl (C=O) groups excluding carboxylic acids is 2. The summed E-state index contributed by atoms with van der Waals surface area (Å²) in [7, 11) is 1.33. The highest BCUT2D eigenvalue weighted by Gasteiger charge is 2.30. The Labute approximate surface area is 212 Å². The lowest BCUT2D eigenvalue weighted by Gasteiger charge is -2.13. The Morgan fingerprint density at radius 3 is 2.83 bits per heavy atom. The fourth-order valence-electron chi connectivity index (χ4n) is 4.37. The molecule has 0 aliphatic carbocycles. The first-order valence-corrected chi connectivity index (χ1v) is 12.7. The summed E-state index contributed by atoms with van der Waals surface area (Å²) in [6.45, 7) is 1.58. The summed E-state index contributed by atoms with van der Waals surface area (Å²) in [5.74, 6) is -0.818. The van der Waals surface area contributed by atoms with E-state index in [4.69, 9.17) is 9.47 Å². The van der Waals surface area contributed by atoms with Crippen molar-refractivity contribution in [3.63, 3.8) is 0 Å². The number of hydrogen-bond donors (Lipinski definition) is 2. The number of esters is 1. The fraction of sp³-hybridized carbons (Fsp3) is 0.308. The topological polar surface area (TPSA) is 107 Å². The van der Waals surface area contributed by atoms with E-state index in [9.17, 15) is 9.59 Å². The van der Waals surface area contributed by atoms with Gasteiger partial charge in [-0.15, -0.1) is 11.3 Å². The van der Waals surface area contributed by atoms with Crippen molar-refractivity contribution in [2.45, 2.75) is 38.5 Å². The smallest absolute Gasteiger partial charge is 0.356 e. The average molecular weight is 506 g/mol. The molecule has 1 aliphatic rings. The van der Waals surface area contributed by atoms with Gasteiger partial charge in [-0.05, 0) is 30.9 Å². The number of pyridine rings is 1. The first-order chi connectivity index (χ1) is 17.6. The molecule has 1 atom stereocenters. The number of aryl methyl sites for hydroxylation is 2. The summed E-state index contributed by atoms with van der Waals surface area (Å²) in [6.07, 6.45) is 5.09. The van der Waals surface area contributed by atoms with Crippen LogP contribution in [0.4, 0.5) is 11.4 Å². The minimum Gasteiger partial charge on any atom is -0.464 e. The number of rotatable bonds is 9. The zero-order valence-electron chi connectivity index (χ0n) is 19.9. The number of amides is 1. The maximum Gasteiger partial charge on any atom is 0.356 e. The molecule has 0 saturated carbocycles. The number of aromatic nitrogens is 3. The lowest BCUT2D eigenvalue weighted by atomic mass is 10.1. The van der Waals surface area contributed by atoms with Crippen molar-refractivity contribution in [2.75, 3.05) is 24.4 Å². The second-order valence-electron chi connectivity index (χ2n) is 8.47. The Bertz CT molecular complexity index is 1350. The highest BCUT2D eigenvalue weighted by molar-refractivity contribution is 7.09. The first kappa shape index (κ1) is 24.0. The van der Waals surface area contributed by atoms with Crippen LogP contribution < -0.4 is 10.6 Å². The third-order valence-corrected chi connectivity index (χ3v) is 6.92. The van der Waals surface area contributed by atoms with Gasteiger partial charge in [0.25, 0.3) is 5.91 Å². The summed E-state index contributed by atoms with van der Waals surface area (Å²) in [6, 6.07) is 11.9. The molecule has 10 heteroatoms. The van der Waals surface area contributed by atoms with Gasteiger partial charge in [-0.25, -0.2) is 14.8 Å². The molecule has 9 nitrogen and oxygen atoms in total. The molecule has 1 unspecified atom stereocenters. The van der Waals surface area contributed by atoms with Crippen molar-refractivity contribution < 1.29 is 19.1 Å². The van der Waals surface area contributed by atoms with Crippen LogP contribution in [0.3, 0.4) is 0 Å². The van der Waals surface area contributed by atoms with Crippen LogP contribution in [0.1, 0.15) is 33.9 Å². The number of hydrogen-bond acceptors (Lipinski definition) is 8. The van der Waals surface area contributed by atoms with Crippen molar-refractivity contribution >= 4 is 45.6 Å². The van der Waals surface area contributed by atoms with Crippen LogP contribution in [0, 0.1) is 0 Å². The maximum atomic E-state index is 13.0. The van der Waals surface area contributed by atoms with Gasteiger partial charge in [0.05, 0.1) is 31.2 Å². The molecule has 1 aromatic carbocycles. The molecule has 1 saturated heterocycles. The fourth-order valence-corrected chi connectivity index (χ4v) is 4.92. The summed E-state index contributed by atoms with van der Waals surface area (Å²) < 4.78 is 12.5. The van der Waals surface area contributed by atoms with Crippen LogP contribution in [0.5, 0.6) is 0 Å². The molecule has 4 aromatic rings. The van der Waals surface area contributed by atoms with E-state index in [-0.39, 0.29) is 11.6 Å². The van der Waals surface area contributed by atoms with E-state index in [1.807, 2.05) is 46.3 Å². The van der Waals surface area contributed by atoms with E-state index in [1.54, 1.807) is 23.7 Å². The number of nitrogens with zero attached hydrogens (tertiary/aromatic N) is 3. The largest absolute Gasteiger partial charge is 0.464 e. The van der Waals surface area contributed by atoms with Crippen molar-refractivity contribution in [1.29, 1.82) is 0 Å². The zero-order valence-corrected chi connectivity index (χ0v) is 20.7. The number of anilines is 2. The lowest BCUT2D eigenvalue weighted by Crippen LogP contribution is -2.28. The Balaban J connectivity index is 1.55. The number of ether oxygens (including phenoxy) is 2. The van der Waals surface area contributed by atoms with Gasteiger partial charge in [0.15, 0.2) is 5.69 Å². The number of thiazole rings is 1. The van der Waals surface area contributed by atoms with E-state index >= 15 is 0 Å². The predicted octanol–water partition coefficient (Wildman–Crippen LogP) is 4.25. The standard InChI is InChI=1S/C26H27N5O4S/c1-34-26(33)23-22(30-25(32)20-8-5-12-35-20)19-14-18(28-16-21-27-10-13-36-21)15-29-24(19)31(23)11-9-17-6-3-2-4-7-17/h2-4,6-7,10,13-15,20,28H,5,8-9,11-12,16H2,1H3,(H,30,32). The minimum atomic E-state index is -0.544. The second kappa shape index (κ2) is 10.9. The van der Waals surface area contributed by atoms with E-state index in [2.05, 4.69) is 20.6 Å². The molecule has 36 heavy (non-hydrogen) atoms. The van der Waals surface area contributed by atoms with Gasteiger partial charge in [0, 0.05) is 30.1 Å². The van der Waals surface area contributed by atoms with Crippen LogP contribution in [-0.2, 0) is 33.8 Å². The van der Waals surface area contributed by atoms with E-state index < -0.39 is 12.1 Å². The average Bonchev–Trinajstić information content (AvgIpc) is 3.68. The molecule has 186 valence electrons. The zero-order chi connectivity index (χ0) is 24.9. The van der Waals surface area contributed by atoms with Crippen LogP contribution in [0.15, 0.2) is 54.2 Å². The summed E-state index contributed by atoms with van der Waals surface area (Å²) in [5, 5.41) is 9.81. The Hall–Kier alpha value is -3.76. The van der Waals surface area contributed by atoms with Crippen molar-refractivity contribution in [3.8, 4) is 0 Å². The van der Waals surface area contributed by atoms with Crippen LogP contribution >= 0.6 is 11.3 Å². The van der Waals surface area contributed by atoms with E-state index in [0.717, 1.165) is 22.7 Å². The number of nitrogens with one attached hydrogen (secondary N) is 2. The summed E-state index contributed by atoms with van der Waals surface area (Å²) in [5.41, 5.74) is 3.12. The first-order valence-electron chi connectivity index (χ1n) is 11.8. The molecule has 5 rings (SSSR count). The maximum absolute atomic E-state index is 13.0. The lowest BCUT2D eigenvalue weighted by molar-refractivity contribution is -0.124. The molecular formula is C26H27N5O4S. The van der Waals surface area contributed by atoms with Gasteiger partial charge in [0.2, 0.25) is 0 Å². The van der Waals surface area contributed by atoms with Gasteiger partial charge in [-0.2, -0.15) is 0 Å². The molecule has 3 aromatic heterocycles. The van der Waals surface area contributed by atoms with Gasteiger partial charge in [-0.3, -0.25) is 4.79 Å². The number of carbonyl (C=O) groups is 2. The Morgan fingerprint density at radius 2 is 2.11 bits per heavy atom. The van der Waals surface area contributed by atoms with Crippen LogP contribution in [0.25, 0.3) is 11.0 Å². The highest BCUT2D eigenvalue weighted by Crippen LogP contribution is 2.33.